The van der Waals surface area contributed by atoms with Crippen LogP contribution in [0.5, 0.6) is 11.5 Å². The Balaban J connectivity index is 1.41. The first-order valence-electron chi connectivity index (χ1n) is 9.76. The van der Waals surface area contributed by atoms with Crippen LogP contribution in [0.25, 0.3) is 0 Å². The molecule has 1 aromatic heterocycles. The van der Waals surface area contributed by atoms with Crippen molar-refractivity contribution >= 4 is 17.7 Å². The van der Waals surface area contributed by atoms with E-state index in [1.807, 2.05) is 80.2 Å². The van der Waals surface area contributed by atoms with Crippen LogP contribution in [0.3, 0.4) is 0 Å². The first-order valence-corrected chi connectivity index (χ1v) is 10.6. The summed E-state index contributed by atoms with van der Waals surface area (Å²) in [5.74, 6) is 2.13. The quantitative estimate of drug-likeness (QED) is 0.565. The molecule has 0 N–H and O–H groups in total. The van der Waals surface area contributed by atoms with Crippen molar-refractivity contribution in [3.63, 3.8) is 0 Å². The Hall–Kier alpha value is -3.00. The third-order valence-corrected chi connectivity index (χ3v) is 6.06. The molecule has 0 bridgehead atoms. The van der Waals surface area contributed by atoms with Crippen LogP contribution in [0.15, 0.2) is 59.8 Å². The third-order valence-electron chi connectivity index (χ3n) is 4.93. The summed E-state index contributed by atoms with van der Waals surface area (Å²) in [6, 6.07) is 17.5. The highest BCUT2D eigenvalue weighted by Crippen LogP contribution is 2.36. The lowest BCUT2D eigenvalue weighted by molar-refractivity contribution is -0.129. The predicted octanol–water partition coefficient (Wildman–Crippen LogP) is 3.47. The molecule has 0 fully saturated rings. The second-order valence-electron chi connectivity index (χ2n) is 7.20. The fourth-order valence-electron chi connectivity index (χ4n) is 3.31. The topological polar surface area (TPSA) is 69.5 Å². The molecule has 2 aromatic carbocycles. The van der Waals surface area contributed by atoms with Gasteiger partial charge in [0.05, 0.1) is 5.25 Å². The smallest absolute Gasteiger partial charge is 0.235 e. The van der Waals surface area contributed by atoms with Gasteiger partial charge in [-0.2, -0.15) is 0 Å². The zero-order valence-corrected chi connectivity index (χ0v) is 18.0. The molecule has 1 aliphatic rings. The van der Waals surface area contributed by atoms with E-state index in [1.54, 1.807) is 4.90 Å². The van der Waals surface area contributed by atoms with Crippen LogP contribution in [0.1, 0.15) is 24.4 Å². The summed E-state index contributed by atoms with van der Waals surface area (Å²) < 4.78 is 13.7. The Kier molecular flexibility index (Phi) is 5.94. The molecule has 2 heterocycles. The van der Waals surface area contributed by atoms with Crippen molar-refractivity contribution in [2.45, 2.75) is 30.0 Å². The molecule has 3 aromatic rings. The fraction of sp³-hybridized carbons (Fsp3) is 0.318. The monoisotopic (exact) mass is 424 g/mol. The van der Waals surface area contributed by atoms with Gasteiger partial charge in [0.2, 0.25) is 5.91 Å². The molecule has 4 rings (SSSR count). The number of hydrogen-bond acceptors (Lipinski definition) is 6. The highest BCUT2D eigenvalue weighted by Gasteiger charge is 2.29. The van der Waals surface area contributed by atoms with Gasteiger partial charge in [-0.15, -0.1) is 10.2 Å². The summed E-state index contributed by atoms with van der Waals surface area (Å²) in [6.45, 7) is 2.82. The van der Waals surface area contributed by atoms with Crippen molar-refractivity contribution in [3.8, 4) is 11.5 Å². The molecular weight excluding hydrogens is 400 g/mol. The molecule has 0 saturated carbocycles. The van der Waals surface area contributed by atoms with E-state index in [0.29, 0.717) is 29.9 Å². The van der Waals surface area contributed by atoms with Gasteiger partial charge in [0.25, 0.3) is 0 Å². The van der Waals surface area contributed by atoms with E-state index >= 15 is 0 Å². The van der Waals surface area contributed by atoms with Crippen molar-refractivity contribution in [3.05, 3.63) is 66.0 Å². The van der Waals surface area contributed by atoms with E-state index in [1.165, 1.54) is 11.8 Å². The molecular formula is C22H24N4O3S. The number of nitrogens with zero attached hydrogens (tertiary/aromatic N) is 4. The van der Waals surface area contributed by atoms with Gasteiger partial charge in [-0.3, -0.25) is 4.79 Å². The van der Waals surface area contributed by atoms with Crippen molar-refractivity contribution in [2.24, 2.45) is 7.05 Å². The molecule has 30 heavy (non-hydrogen) atoms. The molecule has 1 amide bonds. The van der Waals surface area contributed by atoms with Crippen LogP contribution in [-0.4, -0.2) is 44.5 Å². The minimum absolute atomic E-state index is 0.0413. The Labute approximate surface area is 180 Å². The highest BCUT2D eigenvalue weighted by molar-refractivity contribution is 8.00. The lowest BCUT2D eigenvalue weighted by Gasteiger charge is -2.25. The minimum Gasteiger partial charge on any atom is -0.485 e. The third kappa shape index (κ3) is 4.28. The number of rotatable bonds is 6. The van der Waals surface area contributed by atoms with Gasteiger partial charge in [-0.05, 0) is 24.6 Å². The predicted molar refractivity (Wildman–Crippen MR) is 115 cm³/mol. The molecule has 0 aliphatic carbocycles. The van der Waals surface area contributed by atoms with Crippen LogP contribution in [0, 0.1) is 0 Å². The normalized spacial score (nSPS) is 16.2. The van der Waals surface area contributed by atoms with Crippen molar-refractivity contribution in [2.75, 3.05) is 13.7 Å². The number of hydrogen-bond donors (Lipinski definition) is 0. The molecule has 8 heteroatoms. The summed E-state index contributed by atoms with van der Waals surface area (Å²) in [5, 5.41) is 8.96. The summed E-state index contributed by atoms with van der Waals surface area (Å²) >= 11 is 1.39. The number of ether oxygens (including phenoxy) is 2. The Morgan fingerprint density at radius 1 is 1.17 bits per heavy atom. The van der Waals surface area contributed by atoms with Gasteiger partial charge in [-0.25, -0.2) is 0 Å². The zero-order valence-electron chi connectivity index (χ0n) is 17.2. The van der Waals surface area contributed by atoms with Crippen molar-refractivity contribution < 1.29 is 14.3 Å². The van der Waals surface area contributed by atoms with Gasteiger partial charge in [0.15, 0.2) is 28.6 Å². The Morgan fingerprint density at radius 2 is 1.87 bits per heavy atom. The van der Waals surface area contributed by atoms with E-state index in [0.717, 1.165) is 11.3 Å². The maximum Gasteiger partial charge on any atom is 0.235 e. The van der Waals surface area contributed by atoms with E-state index < -0.39 is 0 Å². The van der Waals surface area contributed by atoms with Gasteiger partial charge >= 0.3 is 0 Å². The molecule has 7 nitrogen and oxygen atoms in total. The molecule has 0 spiro atoms. The largest absolute Gasteiger partial charge is 0.485 e. The van der Waals surface area contributed by atoms with Gasteiger partial charge in [0.1, 0.15) is 6.61 Å². The number of thioether (sulfide) groups is 1. The second-order valence-corrected chi connectivity index (χ2v) is 8.51. The lowest BCUT2D eigenvalue weighted by Crippen LogP contribution is -2.33. The highest BCUT2D eigenvalue weighted by atomic mass is 32.2. The van der Waals surface area contributed by atoms with Crippen LogP contribution in [-0.2, 0) is 18.4 Å². The molecule has 0 radical (unpaired) electrons. The van der Waals surface area contributed by atoms with Crippen LogP contribution >= 0.6 is 11.8 Å². The van der Waals surface area contributed by atoms with Crippen molar-refractivity contribution in [1.82, 2.24) is 19.7 Å². The van der Waals surface area contributed by atoms with Crippen LogP contribution in [0.2, 0.25) is 0 Å². The summed E-state index contributed by atoms with van der Waals surface area (Å²) in [7, 11) is 3.70. The standard InChI is InChI=1S/C22H24N4O3S/c1-15(21(27)25(2)13-16-9-5-4-6-10-16)30-22-24-23-20(26(22)3)19-14-28-17-11-7-8-12-18(17)29-19/h4-12,15,19H,13-14H2,1-3H3. The van der Waals surface area contributed by atoms with Crippen LogP contribution in [0.4, 0.5) is 0 Å². The average molecular weight is 425 g/mol. The maximum atomic E-state index is 12.8. The lowest BCUT2D eigenvalue weighted by atomic mass is 10.2. The molecule has 1 aliphatic heterocycles. The van der Waals surface area contributed by atoms with E-state index in [9.17, 15) is 4.79 Å². The van der Waals surface area contributed by atoms with E-state index in [2.05, 4.69) is 10.2 Å². The van der Waals surface area contributed by atoms with Crippen molar-refractivity contribution in [1.29, 1.82) is 0 Å². The maximum absolute atomic E-state index is 12.8. The van der Waals surface area contributed by atoms with Gasteiger partial charge in [0, 0.05) is 20.6 Å². The van der Waals surface area contributed by atoms with Crippen LogP contribution < -0.4 is 9.47 Å². The molecule has 156 valence electrons. The Morgan fingerprint density at radius 3 is 2.63 bits per heavy atom. The summed E-state index contributed by atoms with van der Waals surface area (Å²) in [6.07, 6.45) is -0.349. The number of aromatic nitrogens is 3. The number of carbonyl (C=O) groups excluding carboxylic acids is 1. The SMILES string of the molecule is CC(Sc1nnc(C2COc3ccccc3O2)n1C)C(=O)N(C)Cc1ccccc1. The van der Waals surface area contributed by atoms with Gasteiger partial charge < -0.3 is 18.9 Å². The van der Waals surface area contributed by atoms with E-state index in [-0.39, 0.29) is 17.3 Å². The average Bonchev–Trinajstić information content (AvgIpc) is 3.13. The second kappa shape index (κ2) is 8.79. The number of benzene rings is 2. The van der Waals surface area contributed by atoms with Gasteiger partial charge in [-0.1, -0.05) is 54.2 Å². The molecule has 2 atom stereocenters. The first kappa shape index (κ1) is 20.3. The number of carbonyl (C=O) groups is 1. The molecule has 0 saturated heterocycles. The summed E-state index contributed by atoms with van der Waals surface area (Å²) in [4.78, 5) is 14.5. The first-order chi connectivity index (χ1) is 14.5. The summed E-state index contributed by atoms with van der Waals surface area (Å²) in [5.41, 5.74) is 1.10. The zero-order chi connectivity index (χ0) is 21.1. The number of para-hydroxylation sites is 2. The number of fused-ring (bicyclic) bond motifs is 1. The number of amides is 1. The van der Waals surface area contributed by atoms with E-state index in [4.69, 9.17) is 9.47 Å². The Bertz CT molecular complexity index is 1020. The minimum atomic E-state index is -0.349. The molecule has 2 unspecified atom stereocenters. The fourth-order valence-corrected chi connectivity index (χ4v) is 4.25.